The van der Waals surface area contributed by atoms with Gasteiger partial charge in [0, 0.05) is 97.0 Å². The summed E-state index contributed by atoms with van der Waals surface area (Å²) in [6, 6.07) is 42.9. The van der Waals surface area contributed by atoms with Crippen LogP contribution >= 0.6 is 0 Å². The van der Waals surface area contributed by atoms with Gasteiger partial charge < -0.3 is 0 Å². The van der Waals surface area contributed by atoms with Gasteiger partial charge in [-0.1, -0.05) is 210 Å². The van der Waals surface area contributed by atoms with Gasteiger partial charge in [0.15, 0.2) is 17.3 Å². The monoisotopic (exact) mass is 1150 g/mol. The Morgan fingerprint density at radius 1 is 0.356 bits per heavy atom. The van der Waals surface area contributed by atoms with E-state index in [-0.39, 0.29) is 17.3 Å². The Bertz CT molecular complexity index is 3760. The van der Waals surface area contributed by atoms with Gasteiger partial charge in [-0.05, 0) is 165 Å². The third kappa shape index (κ3) is 18.8. The van der Waals surface area contributed by atoms with Gasteiger partial charge in [-0.25, -0.2) is 0 Å². The van der Waals surface area contributed by atoms with Gasteiger partial charge in [0.05, 0.1) is 0 Å². The van der Waals surface area contributed by atoms with Gasteiger partial charge in [0.2, 0.25) is 0 Å². The third-order valence-electron chi connectivity index (χ3n) is 14.8. The second kappa shape index (κ2) is 31.9. The molecule has 0 aromatic heterocycles. The Kier molecular flexibility index (Phi) is 23.2. The predicted octanol–water partition coefficient (Wildman–Crippen LogP) is 22.1. The first-order valence-corrected chi connectivity index (χ1v) is 28.0. The van der Waals surface area contributed by atoms with Crippen molar-refractivity contribution in [3.63, 3.8) is 0 Å². The van der Waals surface area contributed by atoms with Crippen molar-refractivity contribution in [1.82, 2.24) is 0 Å². The van der Waals surface area contributed by atoms with Crippen LogP contribution in [-0.2, 0) is 14.4 Å². The summed E-state index contributed by atoms with van der Waals surface area (Å²) in [5.74, 6) is 1.78. The molecule has 0 bridgehead atoms. The van der Waals surface area contributed by atoms with E-state index in [9.17, 15) is 14.4 Å². The SMILES string of the molecule is CC(C)C1C/C(=C\c2ccc(N=[N+]=[N-])cc2)C(=O)/C(=C/c2ccc(N=[N+]=[N-])cc2)C1.CC1C/C(=C\c2ccc(N=[N+]=[N-])cc2)C(=O)/C(=C/c2ccc(N=[N+]=[N-])cc2)C1.CCC1C/C(=C\c2ccc(N=[N+]=[N-])cc2)C(=O)/C(=C/c2ccc(N=[N+]=[N-])cc2)C1. The number of rotatable bonds is 14. The van der Waals surface area contributed by atoms with Crippen LogP contribution in [0, 0.1) is 23.7 Å². The second-order valence-electron chi connectivity index (χ2n) is 21.3. The Morgan fingerprint density at radius 2 is 0.552 bits per heavy atom. The predicted molar refractivity (Wildman–Crippen MR) is 343 cm³/mol. The minimum atomic E-state index is 0.0522. The van der Waals surface area contributed by atoms with E-state index < -0.39 is 0 Å². The van der Waals surface area contributed by atoms with Crippen LogP contribution in [0.4, 0.5) is 34.1 Å². The number of benzene rings is 6. The zero-order chi connectivity index (χ0) is 62.1. The highest BCUT2D eigenvalue weighted by Gasteiger charge is 2.30. The second-order valence-corrected chi connectivity index (χ2v) is 21.3. The van der Waals surface area contributed by atoms with Gasteiger partial charge in [-0.15, -0.1) is 0 Å². The molecule has 0 unspecified atom stereocenters. The van der Waals surface area contributed by atoms with Crippen LogP contribution in [0.25, 0.3) is 99.1 Å². The van der Waals surface area contributed by atoms with Crippen LogP contribution < -0.4 is 0 Å². The van der Waals surface area contributed by atoms with Gasteiger partial charge in [-0.3, -0.25) is 14.4 Å². The minimum Gasteiger partial charge on any atom is -0.289 e. The molecule has 0 atom stereocenters. The van der Waals surface area contributed by atoms with Crippen molar-refractivity contribution in [1.29, 1.82) is 0 Å². The number of nitrogens with zero attached hydrogens (tertiary/aromatic N) is 18. The first-order valence-electron chi connectivity index (χ1n) is 28.0. The zero-order valence-corrected chi connectivity index (χ0v) is 48.4. The molecule has 3 saturated carbocycles. The highest BCUT2D eigenvalue weighted by atomic mass is 16.1. The standard InChI is InChI=1S/C23H22N6O.C22H20N6O.C21H18N6O/c1-15(2)18-13-19(11-16-3-7-21(8-4-16)26-28-24)23(30)20(14-18)12-17-5-9-22(10-6-17)27-29-25;1-2-15-11-18(13-16-3-7-20(8-4-16)25-27-23)22(29)19(12-15)14-17-5-9-21(10-6-17)26-28-24;1-14-10-17(12-15-2-6-19(7-3-15)24-26-22)21(28)18(11-14)13-16-4-8-20(9-5-16)25-27-23/h3-12,15,18H,13-14H2,1-2H3;3-10,13-15H,2,11-12H2,1H3;2-9,12-14H,10-11H2,1H3/b19-11+,20-12+;18-13+,19-14+;17-12+,18-13+. The molecule has 0 N–H and O–H groups in total. The van der Waals surface area contributed by atoms with Gasteiger partial charge >= 0.3 is 0 Å². The molecule has 3 aliphatic carbocycles. The molecule has 0 spiro atoms. The Morgan fingerprint density at radius 3 is 0.736 bits per heavy atom. The molecular weight excluding hydrogens is 1090 g/mol. The quantitative estimate of drug-likeness (QED) is 0.0445. The molecule has 21 nitrogen and oxygen atoms in total. The van der Waals surface area contributed by atoms with Crippen molar-refractivity contribution >= 4 is 87.9 Å². The van der Waals surface area contributed by atoms with E-state index in [0.717, 1.165) is 112 Å². The molecule has 0 aliphatic heterocycles. The van der Waals surface area contributed by atoms with E-state index >= 15 is 0 Å². The van der Waals surface area contributed by atoms with Crippen molar-refractivity contribution < 1.29 is 14.4 Å². The van der Waals surface area contributed by atoms with Gasteiger partial charge in [0.1, 0.15) is 0 Å². The maximum atomic E-state index is 13.2. The molecule has 21 heteroatoms. The van der Waals surface area contributed by atoms with Crippen molar-refractivity contribution in [2.24, 2.45) is 54.4 Å². The largest absolute Gasteiger partial charge is 0.289 e. The van der Waals surface area contributed by atoms with E-state index in [2.05, 4.69) is 87.9 Å². The summed E-state index contributed by atoms with van der Waals surface area (Å²) in [6.45, 7) is 8.63. The number of allylic oxidation sites excluding steroid dienone is 6. The number of azide groups is 6. The van der Waals surface area contributed by atoms with Gasteiger partial charge in [0.25, 0.3) is 0 Å². The van der Waals surface area contributed by atoms with Crippen molar-refractivity contribution in [2.75, 3.05) is 0 Å². The average Bonchev–Trinajstić information content (AvgIpc) is 3.71. The highest BCUT2D eigenvalue weighted by Crippen LogP contribution is 2.38. The molecule has 0 saturated heterocycles. The molecule has 87 heavy (non-hydrogen) atoms. The summed E-state index contributed by atoms with van der Waals surface area (Å²) in [4.78, 5) is 55.8. The fourth-order valence-electron chi connectivity index (χ4n) is 10.2. The Labute approximate surface area is 502 Å². The first kappa shape index (κ1) is 63.2. The minimum absolute atomic E-state index is 0.0522. The topological polar surface area (TPSA) is 344 Å². The van der Waals surface area contributed by atoms with Gasteiger partial charge in [-0.2, -0.15) is 0 Å². The number of hydrogen-bond acceptors (Lipinski definition) is 9. The molecule has 3 fully saturated rings. The summed E-state index contributed by atoms with van der Waals surface area (Å²) in [6.07, 6.45) is 16.9. The number of carbonyl (C=O) groups excluding carboxylic acids is 3. The summed E-state index contributed by atoms with van der Waals surface area (Å²) < 4.78 is 0. The van der Waals surface area contributed by atoms with Crippen LogP contribution in [-0.4, -0.2) is 17.3 Å². The number of hydrogen-bond donors (Lipinski definition) is 0. The molecule has 6 aromatic rings. The lowest BCUT2D eigenvalue weighted by Crippen LogP contribution is -2.23. The molecule has 0 heterocycles. The lowest BCUT2D eigenvalue weighted by molar-refractivity contribution is -0.114. The first-order chi connectivity index (χ1) is 42.2. The molecule has 3 aliphatic rings. The van der Waals surface area contributed by atoms with E-state index in [1.807, 2.05) is 109 Å². The fraction of sp³-hybridized carbons (Fsp3) is 0.227. The normalized spacial score (nSPS) is 19.0. The molecular formula is C66H60N18O3. The summed E-state index contributed by atoms with van der Waals surface area (Å²) in [7, 11) is 0. The smallest absolute Gasteiger partial charge is 0.185 e. The fourth-order valence-corrected chi connectivity index (χ4v) is 10.2. The van der Waals surface area contributed by atoms with Crippen LogP contribution in [0.2, 0.25) is 0 Å². The van der Waals surface area contributed by atoms with E-state index in [4.69, 9.17) is 33.2 Å². The Hall–Kier alpha value is -11.4. The molecule has 0 radical (unpaired) electrons. The number of Topliss-reactive ketones (excluding diaryl/α,β-unsaturated/α-hetero) is 3. The van der Waals surface area contributed by atoms with E-state index in [0.29, 0.717) is 57.8 Å². The Balaban J connectivity index is 0.000000187. The van der Waals surface area contributed by atoms with E-state index in [1.165, 1.54) is 0 Å². The summed E-state index contributed by atoms with van der Waals surface area (Å²) in [5, 5.41) is 21.4. The van der Waals surface area contributed by atoms with Crippen LogP contribution in [0.1, 0.15) is 106 Å². The summed E-state index contributed by atoms with van der Waals surface area (Å²) in [5.41, 5.74) is 64.4. The van der Waals surface area contributed by atoms with Crippen LogP contribution in [0.15, 0.2) is 210 Å². The van der Waals surface area contributed by atoms with Crippen LogP contribution in [0.3, 0.4) is 0 Å². The molecule has 432 valence electrons. The van der Waals surface area contributed by atoms with Crippen molar-refractivity contribution in [3.05, 3.63) is 275 Å². The summed E-state index contributed by atoms with van der Waals surface area (Å²) >= 11 is 0. The van der Waals surface area contributed by atoms with Crippen LogP contribution in [0.5, 0.6) is 0 Å². The molecule has 9 rings (SSSR count). The number of ketones is 3. The van der Waals surface area contributed by atoms with E-state index in [1.54, 1.807) is 72.8 Å². The lowest BCUT2D eigenvalue weighted by atomic mass is 9.75. The highest BCUT2D eigenvalue weighted by molar-refractivity contribution is 6.15. The number of carbonyl (C=O) groups is 3. The van der Waals surface area contributed by atoms with Crippen molar-refractivity contribution in [2.45, 2.75) is 72.6 Å². The maximum absolute atomic E-state index is 13.2. The third-order valence-corrected chi connectivity index (χ3v) is 14.8. The average molecular weight is 1150 g/mol. The molecule has 6 aromatic carbocycles. The van der Waals surface area contributed by atoms with Crippen molar-refractivity contribution in [3.8, 4) is 0 Å². The molecule has 0 amide bonds. The zero-order valence-electron chi connectivity index (χ0n) is 48.4. The maximum Gasteiger partial charge on any atom is 0.185 e. The lowest BCUT2D eigenvalue weighted by Gasteiger charge is -2.28.